The molecule has 2 rings (SSSR count). The van der Waals surface area contributed by atoms with Crippen LogP contribution in [0.5, 0.6) is 0 Å². The summed E-state index contributed by atoms with van der Waals surface area (Å²) in [7, 11) is 0. The van der Waals surface area contributed by atoms with Crippen molar-refractivity contribution >= 4 is 11.4 Å². The van der Waals surface area contributed by atoms with Gasteiger partial charge in [-0.3, -0.25) is 0 Å². The summed E-state index contributed by atoms with van der Waals surface area (Å²) < 4.78 is 0. The minimum atomic E-state index is 0.249. The number of hydrogen-bond acceptors (Lipinski definition) is 2. The molecule has 20 heavy (non-hydrogen) atoms. The molecule has 3 atom stereocenters. The standard InChI is InChI=1S/C18H30N2/c1-6-13(4)19-15-9-10-17-16(11-15)14(7-2)12-18(5,8-3)20-17/h9-11,13-14,19-20H,6-8,12H2,1-5H3. The Bertz CT molecular complexity index is 455. The molecular formula is C18H30N2. The number of fused-ring (bicyclic) bond motifs is 1. The third-order valence-electron chi connectivity index (χ3n) is 4.92. The van der Waals surface area contributed by atoms with E-state index >= 15 is 0 Å². The van der Waals surface area contributed by atoms with E-state index in [-0.39, 0.29) is 5.54 Å². The molecule has 0 radical (unpaired) electrons. The molecule has 112 valence electrons. The number of rotatable bonds is 5. The summed E-state index contributed by atoms with van der Waals surface area (Å²) in [5, 5.41) is 7.35. The highest BCUT2D eigenvalue weighted by Gasteiger charge is 2.32. The lowest BCUT2D eigenvalue weighted by Crippen LogP contribution is -2.39. The predicted octanol–water partition coefficient (Wildman–Crippen LogP) is 5.37. The third kappa shape index (κ3) is 3.11. The van der Waals surface area contributed by atoms with E-state index in [9.17, 15) is 0 Å². The van der Waals surface area contributed by atoms with Gasteiger partial charge in [0.2, 0.25) is 0 Å². The molecular weight excluding hydrogens is 244 g/mol. The van der Waals surface area contributed by atoms with Gasteiger partial charge in [0.25, 0.3) is 0 Å². The van der Waals surface area contributed by atoms with E-state index in [0.717, 1.165) is 6.42 Å². The lowest BCUT2D eigenvalue weighted by molar-refractivity contribution is 0.389. The minimum Gasteiger partial charge on any atom is -0.383 e. The molecule has 1 aromatic carbocycles. The lowest BCUT2D eigenvalue weighted by atomic mass is 9.77. The first kappa shape index (κ1) is 15.2. The van der Waals surface area contributed by atoms with Crippen molar-refractivity contribution in [1.29, 1.82) is 0 Å². The van der Waals surface area contributed by atoms with Crippen molar-refractivity contribution in [3.63, 3.8) is 0 Å². The van der Waals surface area contributed by atoms with Crippen molar-refractivity contribution < 1.29 is 0 Å². The van der Waals surface area contributed by atoms with Crippen LogP contribution in [0.3, 0.4) is 0 Å². The van der Waals surface area contributed by atoms with Crippen LogP contribution >= 0.6 is 0 Å². The summed E-state index contributed by atoms with van der Waals surface area (Å²) in [4.78, 5) is 0. The van der Waals surface area contributed by atoms with Crippen molar-refractivity contribution in [2.75, 3.05) is 10.6 Å². The third-order valence-corrected chi connectivity index (χ3v) is 4.92. The van der Waals surface area contributed by atoms with Crippen LogP contribution in [-0.2, 0) is 0 Å². The van der Waals surface area contributed by atoms with Crippen molar-refractivity contribution in [3.05, 3.63) is 23.8 Å². The highest BCUT2D eigenvalue weighted by atomic mass is 15.0. The molecule has 0 spiro atoms. The van der Waals surface area contributed by atoms with Gasteiger partial charge in [-0.2, -0.15) is 0 Å². The summed E-state index contributed by atoms with van der Waals surface area (Å²) in [6.07, 6.45) is 4.78. The van der Waals surface area contributed by atoms with Crippen molar-refractivity contribution in [1.82, 2.24) is 0 Å². The van der Waals surface area contributed by atoms with Crippen LogP contribution in [0, 0.1) is 0 Å². The molecule has 0 aliphatic carbocycles. The first-order valence-electron chi connectivity index (χ1n) is 8.20. The first-order chi connectivity index (χ1) is 9.51. The van der Waals surface area contributed by atoms with E-state index < -0.39 is 0 Å². The summed E-state index contributed by atoms with van der Waals surface area (Å²) in [6.45, 7) is 11.4. The van der Waals surface area contributed by atoms with Crippen molar-refractivity contribution in [3.8, 4) is 0 Å². The van der Waals surface area contributed by atoms with Crippen LogP contribution in [0.4, 0.5) is 11.4 Å². The van der Waals surface area contributed by atoms with E-state index in [4.69, 9.17) is 0 Å². The van der Waals surface area contributed by atoms with Gasteiger partial charge in [0, 0.05) is 23.0 Å². The van der Waals surface area contributed by atoms with Gasteiger partial charge in [-0.1, -0.05) is 20.8 Å². The van der Waals surface area contributed by atoms with E-state index in [2.05, 4.69) is 63.5 Å². The Kier molecular flexibility index (Phi) is 4.62. The molecule has 0 fully saturated rings. The fourth-order valence-electron chi connectivity index (χ4n) is 3.12. The van der Waals surface area contributed by atoms with Gasteiger partial charge in [-0.25, -0.2) is 0 Å². The van der Waals surface area contributed by atoms with E-state index in [1.807, 2.05) is 0 Å². The number of benzene rings is 1. The largest absolute Gasteiger partial charge is 0.383 e. The molecule has 2 nitrogen and oxygen atoms in total. The topological polar surface area (TPSA) is 24.1 Å². The molecule has 1 aliphatic heterocycles. The maximum atomic E-state index is 3.75. The second-order valence-corrected chi connectivity index (χ2v) is 6.60. The highest BCUT2D eigenvalue weighted by molar-refractivity contribution is 5.63. The van der Waals surface area contributed by atoms with Crippen LogP contribution in [0.2, 0.25) is 0 Å². The van der Waals surface area contributed by atoms with Gasteiger partial charge in [0.15, 0.2) is 0 Å². The maximum Gasteiger partial charge on any atom is 0.0381 e. The van der Waals surface area contributed by atoms with Crippen LogP contribution in [0.25, 0.3) is 0 Å². The van der Waals surface area contributed by atoms with Gasteiger partial charge in [0.05, 0.1) is 0 Å². The normalized spacial score (nSPS) is 26.6. The Balaban J connectivity index is 2.29. The Morgan fingerprint density at radius 2 is 2.10 bits per heavy atom. The molecule has 0 amide bonds. The fourth-order valence-corrected chi connectivity index (χ4v) is 3.12. The Labute approximate surface area is 124 Å². The van der Waals surface area contributed by atoms with E-state index in [1.54, 1.807) is 0 Å². The van der Waals surface area contributed by atoms with Gasteiger partial charge < -0.3 is 10.6 Å². The zero-order valence-corrected chi connectivity index (χ0v) is 13.7. The lowest BCUT2D eigenvalue weighted by Gasteiger charge is -2.41. The monoisotopic (exact) mass is 274 g/mol. The molecule has 3 unspecified atom stereocenters. The Hall–Kier alpha value is -1.18. The zero-order valence-electron chi connectivity index (χ0n) is 13.7. The Morgan fingerprint density at radius 3 is 2.70 bits per heavy atom. The number of nitrogens with one attached hydrogen (secondary N) is 2. The highest BCUT2D eigenvalue weighted by Crippen LogP contribution is 2.42. The predicted molar refractivity (Wildman–Crippen MR) is 89.8 cm³/mol. The van der Waals surface area contributed by atoms with E-state index in [1.165, 1.54) is 36.2 Å². The van der Waals surface area contributed by atoms with Crippen LogP contribution in [-0.4, -0.2) is 11.6 Å². The summed E-state index contributed by atoms with van der Waals surface area (Å²) in [6, 6.07) is 7.37. The zero-order chi connectivity index (χ0) is 14.8. The van der Waals surface area contributed by atoms with Crippen molar-refractivity contribution in [2.24, 2.45) is 0 Å². The fraction of sp³-hybridized carbons (Fsp3) is 0.667. The van der Waals surface area contributed by atoms with Crippen LogP contribution in [0.1, 0.15) is 71.8 Å². The maximum absolute atomic E-state index is 3.75. The molecule has 1 aromatic rings. The summed E-state index contributed by atoms with van der Waals surface area (Å²) in [5.41, 5.74) is 4.34. The average molecular weight is 274 g/mol. The second kappa shape index (κ2) is 6.07. The van der Waals surface area contributed by atoms with Gasteiger partial charge in [0.1, 0.15) is 0 Å². The quantitative estimate of drug-likeness (QED) is 0.753. The summed E-state index contributed by atoms with van der Waals surface area (Å²) in [5.74, 6) is 0.676. The average Bonchev–Trinajstić information content (AvgIpc) is 2.46. The Morgan fingerprint density at radius 1 is 1.35 bits per heavy atom. The van der Waals surface area contributed by atoms with E-state index in [0.29, 0.717) is 12.0 Å². The van der Waals surface area contributed by atoms with Crippen LogP contribution in [0.15, 0.2) is 18.2 Å². The number of anilines is 2. The second-order valence-electron chi connectivity index (χ2n) is 6.60. The molecule has 0 saturated carbocycles. The number of hydrogen-bond donors (Lipinski definition) is 2. The molecule has 1 aliphatic rings. The van der Waals surface area contributed by atoms with Gasteiger partial charge in [-0.05, 0) is 69.2 Å². The van der Waals surface area contributed by atoms with Crippen molar-refractivity contribution in [2.45, 2.75) is 77.8 Å². The summed E-state index contributed by atoms with van der Waals surface area (Å²) >= 11 is 0. The molecule has 2 N–H and O–H groups in total. The molecule has 0 aromatic heterocycles. The molecule has 0 bridgehead atoms. The minimum absolute atomic E-state index is 0.249. The molecule has 0 saturated heterocycles. The van der Waals surface area contributed by atoms with Crippen LogP contribution < -0.4 is 10.6 Å². The van der Waals surface area contributed by atoms with Gasteiger partial charge >= 0.3 is 0 Å². The SMILES string of the molecule is CCC(C)Nc1ccc2c(c1)C(CC)CC(C)(CC)N2. The first-order valence-corrected chi connectivity index (χ1v) is 8.20. The molecule has 2 heteroatoms. The smallest absolute Gasteiger partial charge is 0.0381 e. The molecule has 1 heterocycles. The van der Waals surface area contributed by atoms with Gasteiger partial charge in [-0.15, -0.1) is 0 Å².